The van der Waals surface area contributed by atoms with Crippen LogP contribution in [0.5, 0.6) is 0 Å². The lowest BCUT2D eigenvalue weighted by molar-refractivity contribution is -0.144. The van der Waals surface area contributed by atoms with Crippen LogP contribution in [0.15, 0.2) is 36.4 Å². The highest BCUT2D eigenvalue weighted by Gasteiger charge is 2.34. The van der Waals surface area contributed by atoms with E-state index in [0.717, 1.165) is 23.2 Å². The van der Waals surface area contributed by atoms with E-state index in [9.17, 15) is 25.2 Å². The topological polar surface area (TPSA) is 133 Å². The molecule has 1 heterocycles. The van der Waals surface area contributed by atoms with Gasteiger partial charge in [-0.15, -0.1) is 0 Å². The number of hydrogen-bond donors (Lipinski definition) is 6. The predicted octanol–water partition coefficient (Wildman–Crippen LogP) is 0.945. The molecule has 3 rings (SSSR count). The lowest BCUT2D eigenvalue weighted by Crippen LogP contribution is -2.50. The Morgan fingerprint density at radius 2 is 1.78 bits per heavy atom. The van der Waals surface area contributed by atoms with Gasteiger partial charge in [0, 0.05) is 34.7 Å². The Kier molecular flexibility index (Phi) is 8.13. The van der Waals surface area contributed by atoms with Crippen molar-refractivity contribution in [3.05, 3.63) is 63.1 Å². The molecule has 1 amide bonds. The van der Waals surface area contributed by atoms with E-state index in [-0.39, 0.29) is 5.92 Å². The zero-order chi connectivity index (χ0) is 23.6. The van der Waals surface area contributed by atoms with Crippen LogP contribution in [-0.4, -0.2) is 81.0 Å². The number of carbonyl (C=O) groups is 1. The van der Waals surface area contributed by atoms with Gasteiger partial charge in [0.15, 0.2) is 6.10 Å². The van der Waals surface area contributed by atoms with E-state index in [1.54, 1.807) is 18.2 Å². The first-order valence-electron chi connectivity index (χ1n) is 10.0. The molecule has 8 nitrogen and oxygen atoms in total. The van der Waals surface area contributed by atoms with Crippen molar-refractivity contribution in [3.63, 3.8) is 0 Å². The SMILES string of the molecule is CN1Cc2c(Cl)cc(Cl)cc2C(c2ccc(NC(=O)[C@H](O)[C@@H](O)[C@H](O)C(O)CO)cc2)C1. The lowest BCUT2D eigenvalue weighted by Gasteiger charge is -2.33. The minimum atomic E-state index is -2.01. The third kappa shape index (κ3) is 5.41. The van der Waals surface area contributed by atoms with Crippen molar-refractivity contribution < 1.29 is 30.3 Å². The second-order valence-corrected chi connectivity index (χ2v) is 8.84. The molecule has 0 aromatic heterocycles. The third-order valence-electron chi connectivity index (χ3n) is 5.60. The van der Waals surface area contributed by atoms with Gasteiger partial charge >= 0.3 is 0 Å². The van der Waals surface area contributed by atoms with Crippen LogP contribution in [-0.2, 0) is 11.3 Å². The second kappa shape index (κ2) is 10.5. The van der Waals surface area contributed by atoms with Crippen LogP contribution in [0.2, 0.25) is 10.0 Å². The molecule has 0 spiro atoms. The van der Waals surface area contributed by atoms with Gasteiger partial charge in [-0.25, -0.2) is 0 Å². The van der Waals surface area contributed by atoms with Crippen molar-refractivity contribution in [2.45, 2.75) is 36.9 Å². The summed E-state index contributed by atoms with van der Waals surface area (Å²) in [5.74, 6) is -0.942. The number of benzene rings is 2. The number of aliphatic hydroxyl groups is 5. The number of anilines is 1. The van der Waals surface area contributed by atoms with Crippen LogP contribution in [0.3, 0.4) is 0 Å². The minimum absolute atomic E-state index is 0.0206. The smallest absolute Gasteiger partial charge is 0.256 e. The first-order chi connectivity index (χ1) is 15.1. The van der Waals surface area contributed by atoms with E-state index >= 15 is 0 Å². The molecule has 0 saturated carbocycles. The van der Waals surface area contributed by atoms with Crippen LogP contribution in [0.1, 0.15) is 22.6 Å². The molecular formula is C22H26Cl2N2O6. The van der Waals surface area contributed by atoms with E-state index < -0.39 is 36.9 Å². The summed E-state index contributed by atoms with van der Waals surface area (Å²) < 4.78 is 0. The quantitative estimate of drug-likeness (QED) is 0.344. The van der Waals surface area contributed by atoms with E-state index in [4.69, 9.17) is 28.3 Å². The lowest BCUT2D eigenvalue weighted by atomic mass is 9.84. The van der Waals surface area contributed by atoms with Gasteiger partial charge in [-0.3, -0.25) is 4.79 Å². The summed E-state index contributed by atoms with van der Waals surface area (Å²) in [4.78, 5) is 14.4. The van der Waals surface area contributed by atoms with Crippen molar-refractivity contribution in [1.82, 2.24) is 4.90 Å². The van der Waals surface area contributed by atoms with Crippen molar-refractivity contribution in [3.8, 4) is 0 Å². The summed E-state index contributed by atoms with van der Waals surface area (Å²) in [6, 6.07) is 10.6. The van der Waals surface area contributed by atoms with Crippen molar-refractivity contribution >= 4 is 34.8 Å². The summed E-state index contributed by atoms with van der Waals surface area (Å²) >= 11 is 12.6. The summed E-state index contributed by atoms with van der Waals surface area (Å²) in [7, 11) is 2.00. The molecule has 0 radical (unpaired) electrons. The molecule has 2 aromatic carbocycles. The maximum Gasteiger partial charge on any atom is 0.256 e. The normalized spacial score (nSPS) is 20.2. The predicted molar refractivity (Wildman–Crippen MR) is 121 cm³/mol. The summed E-state index contributed by atoms with van der Waals surface area (Å²) in [6.45, 7) is 0.641. The van der Waals surface area contributed by atoms with Gasteiger partial charge in [0.1, 0.15) is 18.3 Å². The first kappa shape index (κ1) is 24.9. The molecule has 0 saturated heterocycles. The summed E-state index contributed by atoms with van der Waals surface area (Å²) in [5.41, 5.74) is 3.42. The number of amides is 1. The fourth-order valence-electron chi connectivity index (χ4n) is 3.82. The average molecular weight is 485 g/mol. The van der Waals surface area contributed by atoms with Crippen LogP contribution in [0.25, 0.3) is 0 Å². The number of carbonyl (C=O) groups excluding carboxylic acids is 1. The van der Waals surface area contributed by atoms with E-state index in [1.807, 2.05) is 25.2 Å². The van der Waals surface area contributed by atoms with Gasteiger partial charge in [-0.2, -0.15) is 0 Å². The Hall–Kier alpha value is -1.75. The number of nitrogens with zero attached hydrogens (tertiary/aromatic N) is 1. The molecule has 2 aromatic rings. The molecule has 0 fully saturated rings. The largest absolute Gasteiger partial charge is 0.394 e. The van der Waals surface area contributed by atoms with Crippen LogP contribution < -0.4 is 5.32 Å². The molecule has 2 unspecified atom stereocenters. The fraction of sp³-hybridized carbons (Fsp3) is 0.409. The molecule has 10 heteroatoms. The number of fused-ring (bicyclic) bond motifs is 1. The molecule has 0 bridgehead atoms. The van der Waals surface area contributed by atoms with Gasteiger partial charge in [0.2, 0.25) is 0 Å². The van der Waals surface area contributed by atoms with E-state index in [2.05, 4.69) is 10.2 Å². The summed E-state index contributed by atoms with van der Waals surface area (Å²) in [6.07, 6.45) is -7.55. The second-order valence-electron chi connectivity index (χ2n) is 7.99. The standard InChI is InChI=1S/C22H26Cl2N2O6/c1-26-8-15(14-6-12(23)7-17(24)16(14)9-26)11-2-4-13(5-3-11)25-22(32)21(31)20(30)19(29)18(28)10-27/h2-7,15,18-21,27-31H,8-10H2,1H3,(H,25,32)/t15?,18?,19-,20+,21-/m1/s1. The van der Waals surface area contributed by atoms with E-state index in [0.29, 0.717) is 22.3 Å². The number of likely N-dealkylation sites (N-methyl/N-ethyl adjacent to an activating group) is 1. The molecule has 1 aliphatic heterocycles. The Morgan fingerprint density at radius 3 is 2.41 bits per heavy atom. The Balaban J connectivity index is 1.74. The van der Waals surface area contributed by atoms with Crippen LogP contribution in [0, 0.1) is 0 Å². The number of aliphatic hydroxyl groups excluding tert-OH is 5. The first-order valence-corrected chi connectivity index (χ1v) is 10.8. The fourth-order valence-corrected chi connectivity index (χ4v) is 4.39. The molecule has 174 valence electrons. The third-order valence-corrected chi connectivity index (χ3v) is 6.15. The maximum absolute atomic E-state index is 12.2. The van der Waals surface area contributed by atoms with Crippen molar-refractivity contribution in [2.75, 3.05) is 25.5 Å². The Labute approximate surface area is 195 Å². The average Bonchev–Trinajstić information content (AvgIpc) is 2.77. The van der Waals surface area contributed by atoms with Gasteiger partial charge in [-0.1, -0.05) is 35.3 Å². The van der Waals surface area contributed by atoms with Gasteiger partial charge < -0.3 is 35.7 Å². The van der Waals surface area contributed by atoms with Gasteiger partial charge in [0.25, 0.3) is 5.91 Å². The van der Waals surface area contributed by atoms with Crippen molar-refractivity contribution in [1.29, 1.82) is 0 Å². The highest BCUT2D eigenvalue weighted by molar-refractivity contribution is 6.35. The number of halogens is 2. The maximum atomic E-state index is 12.2. The highest BCUT2D eigenvalue weighted by atomic mass is 35.5. The molecule has 0 aliphatic carbocycles. The molecule has 1 aliphatic rings. The van der Waals surface area contributed by atoms with E-state index in [1.165, 1.54) is 0 Å². The number of nitrogens with one attached hydrogen (secondary N) is 1. The zero-order valence-electron chi connectivity index (χ0n) is 17.3. The van der Waals surface area contributed by atoms with Gasteiger partial charge in [-0.05, 0) is 48.0 Å². The molecule has 6 N–H and O–H groups in total. The Bertz CT molecular complexity index is 958. The minimum Gasteiger partial charge on any atom is -0.394 e. The monoisotopic (exact) mass is 484 g/mol. The zero-order valence-corrected chi connectivity index (χ0v) is 18.8. The van der Waals surface area contributed by atoms with Crippen LogP contribution >= 0.6 is 23.2 Å². The van der Waals surface area contributed by atoms with Crippen LogP contribution in [0.4, 0.5) is 5.69 Å². The molecular weight excluding hydrogens is 459 g/mol. The molecule has 5 atom stereocenters. The number of hydrogen-bond acceptors (Lipinski definition) is 7. The molecule has 32 heavy (non-hydrogen) atoms. The summed E-state index contributed by atoms with van der Waals surface area (Å²) in [5, 5.41) is 51.3. The Morgan fingerprint density at radius 1 is 1.12 bits per heavy atom. The van der Waals surface area contributed by atoms with Crippen molar-refractivity contribution in [2.24, 2.45) is 0 Å². The highest BCUT2D eigenvalue weighted by Crippen LogP contribution is 2.38. The van der Waals surface area contributed by atoms with Gasteiger partial charge in [0.05, 0.1) is 6.61 Å². The number of rotatable bonds is 7.